The lowest BCUT2D eigenvalue weighted by molar-refractivity contribution is 0.0953. The monoisotopic (exact) mass is 340 g/mol. The molecule has 0 aromatic carbocycles. The lowest BCUT2D eigenvalue weighted by Crippen LogP contribution is -2.27. The molecule has 0 bridgehead atoms. The fraction of sp³-hybridized carbons (Fsp3) is 0.389. The van der Waals surface area contributed by atoms with Crippen molar-refractivity contribution >= 4 is 22.9 Å². The molecule has 124 valence electrons. The Bertz CT molecular complexity index is 882. The van der Waals surface area contributed by atoms with Crippen LogP contribution in [0.1, 0.15) is 40.0 Å². The van der Waals surface area contributed by atoms with Crippen molar-refractivity contribution in [2.75, 3.05) is 6.54 Å². The molecule has 6 heteroatoms. The van der Waals surface area contributed by atoms with E-state index in [1.54, 1.807) is 11.3 Å². The second-order valence-electron chi connectivity index (χ2n) is 6.45. The summed E-state index contributed by atoms with van der Waals surface area (Å²) in [4.78, 5) is 13.9. The van der Waals surface area contributed by atoms with Crippen LogP contribution in [0.25, 0.3) is 5.65 Å². The number of amides is 1. The molecule has 1 amide bonds. The Hall–Kier alpha value is -2.21. The number of thiophene rings is 1. The van der Waals surface area contributed by atoms with Gasteiger partial charge in [0.2, 0.25) is 0 Å². The van der Waals surface area contributed by atoms with Crippen LogP contribution in [-0.2, 0) is 19.3 Å². The first-order valence-electron chi connectivity index (χ1n) is 8.38. The van der Waals surface area contributed by atoms with Gasteiger partial charge in [-0.15, -0.1) is 21.5 Å². The molecule has 1 atom stereocenters. The maximum Gasteiger partial charge on any atom is 0.252 e. The van der Waals surface area contributed by atoms with Crippen molar-refractivity contribution in [2.24, 2.45) is 5.92 Å². The summed E-state index contributed by atoms with van der Waals surface area (Å²) >= 11 is 1.73. The zero-order valence-corrected chi connectivity index (χ0v) is 14.5. The highest BCUT2D eigenvalue weighted by Gasteiger charge is 2.23. The average molecular weight is 340 g/mol. The third-order valence-corrected chi connectivity index (χ3v) is 5.72. The van der Waals surface area contributed by atoms with Crippen LogP contribution in [0.15, 0.2) is 29.8 Å². The Labute approximate surface area is 144 Å². The molecule has 0 saturated carbocycles. The number of aromatic nitrogens is 3. The van der Waals surface area contributed by atoms with Crippen molar-refractivity contribution in [2.45, 2.75) is 32.6 Å². The quantitative estimate of drug-likeness (QED) is 0.794. The van der Waals surface area contributed by atoms with E-state index in [2.05, 4.69) is 22.4 Å². The normalized spacial score (nSPS) is 17.0. The minimum absolute atomic E-state index is 0.0378. The molecule has 5 nitrogen and oxygen atoms in total. The predicted octanol–water partition coefficient (Wildman–Crippen LogP) is 2.89. The molecule has 0 spiro atoms. The van der Waals surface area contributed by atoms with Crippen molar-refractivity contribution < 1.29 is 4.79 Å². The van der Waals surface area contributed by atoms with E-state index in [4.69, 9.17) is 0 Å². The van der Waals surface area contributed by atoms with Crippen LogP contribution in [0.5, 0.6) is 0 Å². The van der Waals surface area contributed by atoms with Crippen LogP contribution in [-0.4, -0.2) is 27.0 Å². The summed E-state index contributed by atoms with van der Waals surface area (Å²) in [7, 11) is 0. The number of rotatable bonds is 4. The molecule has 0 saturated heterocycles. The Morgan fingerprint density at radius 1 is 1.42 bits per heavy atom. The molecule has 24 heavy (non-hydrogen) atoms. The molecule has 3 aromatic rings. The van der Waals surface area contributed by atoms with Crippen molar-refractivity contribution in [3.8, 4) is 0 Å². The maximum absolute atomic E-state index is 12.5. The smallest absolute Gasteiger partial charge is 0.252 e. The van der Waals surface area contributed by atoms with Crippen LogP contribution in [0.2, 0.25) is 0 Å². The number of nitrogens with zero attached hydrogens (tertiary/aromatic N) is 3. The summed E-state index contributed by atoms with van der Waals surface area (Å²) in [5.41, 5.74) is 2.97. The van der Waals surface area contributed by atoms with Gasteiger partial charge in [0.1, 0.15) is 5.82 Å². The van der Waals surface area contributed by atoms with E-state index in [1.165, 1.54) is 16.9 Å². The van der Waals surface area contributed by atoms with E-state index in [9.17, 15) is 4.79 Å². The van der Waals surface area contributed by atoms with Crippen molar-refractivity contribution in [1.29, 1.82) is 0 Å². The molecule has 0 fully saturated rings. The van der Waals surface area contributed by atoms with E-state index in [-0.39, 0.29) is 5.91 Å². The Morgan fingerprint density at radius 2 is 2.33 bits per heavy atom. The molecule has 0 radical (unpaired) electrons. The molecule has 3 aromatic heterocycles. The van der Waals surface area contributed by atoms with E-state index in [0.29, 0.717) is 13.0 Å². The van der Waals surface area contributed by atoms with Crippen LogP contribution in [0, 0.1) is 5.92 Å². The van der Waals surface area contributed by atoms with Gasteiger partial charge in [-0.3, -0.25) is 9.20 Å². The minimum Gasteiger partial charge on any atom is -0.352 e. The van der Waals surface area contributed by atoms with Crippen LogP contribution in [0.4, 0.5) is 0 Å². The fourth-order valence-electron chi connectivity index (χ4n) is 3.31. The van der Waals surface area contributed by atoms with Crippen LogP contribution in [0.3, 0.4) is 0 Å². The molecule has 1 aliphatic carbocycles. The summed E-state index contributed by atoms with van der Waals surface area (Å²) in [6.07, 6.45) is 5.93. The van der Waals surface area contributed by atoms with Gasteiger partial charge in [0, 0.05) is 29.4 Å². The van der Waals surface area contributed by atoms with Gasteiger partial charge in [0.05, 0.1) is 5.56 Å². The van der Waals surface area contributed by atoms with Gasteiger partial charge in [-0.05, 0) is 42.9 Å². The van der Waals surface area contributed by atoms with Crippen molar-refractivity contribution in [1.82, 2.24) is 19.9 Å². The minimum atomic E-state index is 0.0378. The largest absolute Gasteiger partial charge is 0.352 e. The van der Waals surface area contributed by atoms with Crippen molar-refractivity contribution in [3.05, 3.63) is 51.6 Å². The van der Waals surface area contributed by atoms with Gasteiger partial charge in [-0.1, -0.05) is 13.0 Å². The first-order chi connectivity index (χ1) is 11.7. The van der Waals surface area contributed by atoms with E-state index in [0.717, 1.165) is 35.8 Å². The molecular formula is C18H20N4OS. The first-order valence-corrected chi connectivity index (χ1v) is 9.26. The van der Waals surface area contributed by atoms with Crippen molar-refractivity contribution in [3.63, 3.8) is 0 Å². The topological polar surface area (TPSA) is 59.3 Å². The highest BCUT2D eigenvalue weighted by Crippen LogP contribution is 2.32. The van der Waals surface area contributed by atoms with Gasteiger partial charge in [-0.25, -0.2) is 0 Å². The number of carbonyl (C=O) groups is 1. The summed E-state index contributed by atoms with van der Waals surface area (Å²) in [5.74, 6) is 1.64. The average Bonchev–Trinajstić information content (AvgIpc) is 3.19. The third-order valence-electron chi connectivity index (χ3n) is 4.66. The first kappa shape index (κ1) is 15.3. The number of pyridine rings is 1. The van der Waals surface area contributed by atoms with Gasteiger partial charge in [0.25, 0.3) is 5.91 Å². The highest BCUT2D eigenvalue weighted by molar-refractivity contribution is 7.10. The lowest BCUT2D eigenvalue weighted by Gasteiger charge is -2.18. The standard InChI is InChI=1S/C18H20N4OS/c1-12-5-6-13-14(11-24-15(13)10-12)18(23)19-8-7-17-21-20-16-4-2-3-9-22(16)17/h2-4,9,11-12H,5-8,10H2,1H3,(H,19,23). The molecule has 4 rings (SSSR count). The zero-order valence-electron chi connectivity index (χ0n) is 13.7. The number of nitrogens with one attached hydrogen (secondary N) is 1. The number of carbonyl (C=O) groups excluding carboxylic acids is 1. The maximum atomic E-state index is 12.5. The Balaban J connectivity index is 1.41. The number of hydrogen-bond acceptors (Lipinski definition) is 4. The third kappa shape index (κ3) is 2.82. The second kappa shape index (κ2) is 6.36. The Kier molecular flexibility index (Phi) is 4.06. The lowest BCUT2D eigenvalue weighted by atomic mass is 9.88. The SMILES string of the molecule is CC1CCc2c(C(=O)NCCc3nnc4ccccn34)csc2C1. The Morgan fingerprint density at radius 3 is 3.25 bits per heavy atom. The van der Waals surface area contributed by atoms with Crippen LogP contribution >= 0.6 is 11.3 Å². The van der Waals surface area contributed by atoms with E-state index in [1.807, 2.05) is 34.2 Å². The number of hydrogen-bond donors (Lipinski definition) is 1. The molecule has 1 aliphatic rings. The van der Waals surface area contributed by atoms with Gasteiger partial charge in [0.15, 0.2) is 5.65 Å². The van der Waals surface area contributed by atoms with E-state index >= 15 is 0 Å². The summed E-state index contributed by atoms with van der Waals surface area (Å²) in [5, 5.41) is 13.4. The molecular weight excluding hydrogens is 320 g/mol. The second-order valence-corrected chi connectivity index (χ2v) is 7.41. The number of fused-ring (bicyclic) bond motifs is 2. The molecule has 3 heterocycles. The predicted molar refractivity (Wildman–Crippen MR) is 94.5 cm³/mol. The molecule has 1 unspecified atom stereocenters. The van der Waals surface area contributed by atoms with Gasteiger partial charge < -0.3 is 5.32 Å². The molecule has 1 N–H and O–H groups in total. The molecule has 0 aliphatic heterocycles. The van der Waals surface area contributed by atoms with E-state index < -0.39 is 0 Å². The van der Waals surface area contributed by atoms with Crippen LogP contribution < -0.4 is 5.32 Å². The summed E-state index contributed by atoms with van der Waals surface area (Å²) in [6.45, 7) is 2.85. The summed E-state index contributed by atoms with van der Waals surface area (Å²) in [6, 6.07) is 5.82. The highest BCUT2D eigenvalue weighted by atomic mass is 32.1. The zero-order chi connectivity index (χ0) is 16.5. The summed E-state index contributed by atoms with van der Waals surface area (Å²) < 4.78 is 1.96. The fourth-order valence-corrected chi connectivity index (χ4v) is 4.56. The van der Waals surface area contributed by atoms with Gasteiger partial charge >= 0.3 is 0 Å². The van der Waals surface area contributed by atoms with Gasteiger partial charge in [-0.2, -0.15) is 0 Å².